The third kappa shape index (κ3) is 5.30. The average molecular weight is 606 g/mol. The van der Waals surface area contributed by atoms with E-state index in [4.69, 9.17) is 27.9 Å². The van der Waals surface area contributed by atoms with Crippen LogP contribution in [0.2, 0.25) is 10.0 Å². The highest BCUT2D eigenvalue weighted by Crippen LogP contribution is 2.39. The number of carbonyl (C=O) groups is 2. The number of nitrogens with zero attached hydrogens (tertiary/aromatic N) is 2. The smallest absolute Gasteiger partial charge is 0.354 e. The van der Waals surface area contributed by atoms with Gasteiger partial charge in [-0.1, -0.05) is 63.0 Å². The van der Waals surface area contributed by atoms with Gasteiger partial charge >= 0.3 is 5.97 Å². The first-order valence-electron chi connectivity index (χ1n) is 11.0. The number of esters is 1. The largest absolute Gasteiger partial charge is 0.464 e. The van der Waals surface area contributed by atoms with Gasteiger partial charge in [-0.2, -0.15) is 0 Å². The Hall–Kier alpha value is -2.45. The molecule has 4 aromatic rings. The van der Waals surface area contributed by atoms with Crippen LogP contribution in [0.4, 0.5) is 0 Å². The highest BCUT2D eigenvalue weighted by molar-refractivity contribution is 9.10. The van der Waals surface area contributed by atoms with E-state index in [1.165, 1.54) is 12.0 Å². The van der Waals surface area contributed by atoms with Crippen LogP contribution in [-0.2, 0) is 4.74 Å². The summed E-state index contributed by atoms with van der Waals surface area (Å²) in [5, 5.41) is 1.88. The van der Waals surface area contributed by atoms with Crippen molar-refractivity contribution in [3.05, 3.63) is 92.0 Å². The number of methoxy groups -OCH3 is 1. The molecule has 1 atom stereocenters. The lowest BCUT2D eigenvalue weighted by molar-refractivity contribution is 0.0588. The molecule has 1 unspecified atom stereocenters. The highest BCUT2D eigenvalue weighted by atomic mass is 79.9. The first kappa shape index (κ1) is 26.6. The molecule has 1 aromatic heterocycles. The van der Waals surface area contributed by atoms with E-state index in [9.17, 15) is 9.59 Å². The van der Waals surface area contributed by atoms with E-state index in [0.717, 1.165) is 30.7 Å². The van der Waals surface area contributed by atoms with Crippen molar-refractivity contribution in [2.45, 2.75) is 22.8 Å². The van der Waals surface area contributed by atoms with Gasteiger partial charge in [-0.3, -0.25) is 4.79 Å². The first-order chi connectivity index (χ1) is 17.1. The van der Waals surface area contributed by atoms with Crippen LogP contribution < -0.4 is 0 Å². The van der Waals surface area contributed by atoms with Crippen molar-refractivity contribution in [1.29, 1.82) is 0 Å². The predicted octanol–water partition coefficient (Wildman–Crippen LogP) is 7.96. The molecule has 0 spiro atoms. The fourth-order valence-electron chi connectivity index (χ4n) is 3.98. The summed E-state index contributed by atoms with van der Waals surface area (Å²) in [7, 11) is 4.81. The van der Waals surface area contributed by atoms with Crippen molar-refractivity contribution in [2.75, 3.05) is 21.2 Å². The zero-order valence-electron chi connectivity index (χ0n) is 20.0. The maximum atomic E-state index is 12.8. The van der Waals surface area contributed by atoms with Gasteiger partial charge in [-0.15, -0.1) is 0 Å². The number of hydrogen-bond donors (Lipinski definition) is 0. The number of benzene rings is 3. The molecular weight excluding hydrogens is 583 g/mol. The van der Waals surface area contributed by atoms with Crippen LogP contribution in [0.15, 0.2) is 74.9 Å². The van der Waals surface area contributed by atoms with Gasteiger partial charge < -0.3 is 14.2 Å². The number of amides is 1. The van der Waals surface area contributed by atoms with Crippen molar-refractivity contribution in [2.24, 2.45) is 0 Å². The molecule has 0 aliphatic rings. The van der Waals surface area contributed by atoms with Crippen molar-refractivity contribution in [3.63, 3.8) is 0 Å². The Morgan fingerprint density at radius 2 is 1.67 bits per heavy atom. The van der Waals surface area contributed by atoms with Crippen molar-refractivity contribution in [3.8, 4) is 0 Å². The number of aromatic nitrogens is 1. The third-order valence-electron chi connectivity index (χ3n) is 5.84. The Morgan fingerprint density at radius 1 is 0.972 bits per heavy atom. The van der Waals surface area contributed by atoms with Gasteiger partial charge in [0.25, 0.3) is 5.91 Å². The summed E-state index contributed by atoms with van der Waals surface area (Å²) in [6.07, 6.45) is 0. The fraction of sp³-hybridized carbons (Fsp3) is 0.185. The SMILES string of the molecule is COC(=O)c1cc2c(Br)cc(Sc3ccc(Cl)c(Cl)c3)cc2n1C(C)c1ccc(C(=O)N(C)C)cc1. The first-order valence-corrected chi connectivity index (χ1v) is 13.3. The molecule has 0 fully saturated rings. The van der Waals surface area contributed by atoms with Crippen molar-refractivity contribution in [1.82, 2.24) is 9.47 Å². The van der Waals surface area contributed by atoms with Crippen LogP contribution in [0.3, 0.4) is 0 Å². The van der Waals surface area contributed by atoms with Crippen LogP contribution >= 0.6 is 50.9 Å². The molecular formula is C27H23BrCl2N2O3S. The van der Waals surface area contributed by atoms with Crippen molar-refractivity contribution >= 4 is 73.7 Å². The topological polar surface area (TPSA) is 51.5 Å². The maximum absolute atomic E-state index is 12.8. The maximum Gasteiger partial charge on any atom is 0.354 e. The van der Waals surface area contributed by atoms with Gasteiger partial charge in [0.1, 0.15) is 5.69 Å². The minimum absolute atomic E-state index is 0.0660. The Morgan fingerprint density at radius 3 is 2.28 bits per heavy atom. The molecule has 3 aromatic carbocycles. The zero-order chi connectivity index (χ0) is 26.1. The quantitative estimate of drug-likeness (QED) is 0.209. The van der Waals surface area contributed by atoms with Crippen LogP contribution in [0.25, 0.3) is 10.9 Å². The monoisotopic (exact) mass is 604 g/mol. The van der Waals surface area contributed by atoms with Crippen LogP contribution in [0.5, 0.6) is 0 Å². The van der Waals surface area contributed by atoms with Gasteiger partial charge in [0.15, 0.2) is 0 Å². The molecule has 0 saturated carbocycles. The highest BCUT2D eigenvalue weighted by Gasteiger charge is 2.23. The van der Waals surface area contributed by atoms with E-state index in [2.05, 4.69) is 15.9 Å². The molecule has 1 heterocycles. The van der Waals surface area contributed by atoms with Crippen LogP contribution in [-0.4, -0.2) is 42.5 Å². The zero-order valence-corrected chi connectivity index (χ0v) is 23.9. The second-order valence-electron chi connectivity index (χ2n) is 8.40. The Bertz CT molecular complexity index is 1470. The molecule has 5 nitrogen and oxygen atoms in total. The lowest BCUT2D eigenvalue weighted by atomic mass is 10.0. The van der Waals surface area contributed by atoms with E-state index in [0.29, 0.717) is 21.3 Å². The summed E-state index contributed by atoms with van der Waals surface area (Å²) in [6, 6.07) is 18.6. The lowest BCUT2D eigenvalue weighted by Gasteiger charge is -2.20. The number of fused-ring (bicyclic) bond motifs is 1. The summed E-state index contributed by atoms with van der Waals surface area (Å²) in [4.78, 5) is 28.5. The van der Waals surface area contributed by atoms with Crippen LogP contribution in [0.1, 0.15) is 39.4 Å². The Labute approximate surface area is 232 Å². The number of halogens is 3. The van der Waals surface area contributed by atoms with Gasteiger partial charge in [-0.25, -0.2) is 4.79 Å². The van der Waals surface area contributed by atoms with Crippen LogP contribution in [0, 0.1) is 0 Å². The summed E-state index contributed by atoms with van der Waals surface area (Å²) >= 11 is 17.5. The molecule has 0 radical (unpaired) electrons. The van der Waals surface area contributed by atoms with E-state index < -0.39 is 5.97 Å². The molecule has 0 aliphatic carbocycles. The average Bonchev–Trinajstić information content (AvgIpc) is 3.25. The second kappa shape index (κ2) is 10.9. The Balaban J connectivity index is 1.81. The number of ether oxygens (including phenoxy) is 1. The number of hydrogen-bond acceptors (Lipinski definition) is 4. The van der Waals surface area contributed by atoms with E-state index >= 15 is 0 Å². The normalized spacial score (nSPS) is 12.0. The van der Waals surface area contributed by atoms with E-state index in [1.54, 1.807) is 44.1 Å². The predicted molar refractivity (Wildman–Crippen MR) is 150 cm³/mol. The molecule has 186 valence electrons. The molecule has 0 aliphatic heterocycles. The molecule has 0 N–H and O–H groups in total. The van der Waals surface area contributed by atoms with Gasteiger partial charge in [0, 0.05) is 39.3 Å². The third-order valence-corrected chi connectivity index (χ3v) is 8.19. The summed E-state index contributed by atoms with van der Waals surface area (Å²) in [5.41, 5.74) is 2.86. The molecule has 9 heteroatoms. The molecule has 0 saturated heterocycles. The van der Waals surface area contributed by atoms with E-state index in [-0.39, 0.29) is 11.9 Å². The standard InChI is InChI=1S/C27H23BrCl2N2O3S/c1-15(16-5-7-17(8-6-16)26(33)31(2)3)32-24-13-19(36-18-9-10-22(29)23(30)12-18)11-21(28)20(24)14-25(32)27(34)35-4/h5-15H,1-4H3. The summed E-state index contributed by atoms with van der Waals surface area (Å²) < 4.78 is 7.92. The Kier molecular flexibility index (Phi) is 8.05. The summed E-state index contributed by atoms with van der Waals surface area (Å²) in [5.74, 6) is -0.494. The molecule has 4 rings (SSSR count). The van der Waals surface area contributed by atoms with Gasteiger partial charge in [0.2, 0.25) is 0 Å². The fourth-order valence-corrected chi connectivity index (χ4v) is 5.99. The second-order valence-corrected chi connectivity index (χ2v) is 11.2. The van der Waals surface area contributed by atoms with Crippen molar-refractivity contribution < 1.29 is 14.3 Å². The molecule has 1 amide bonds. The lowest BCUT2D eigenvalue weighted by Crippen LogP contribution is -2.21. The number of carbonyl (C=O) groups excluding carboxylic acids is 2. The number of rotatable bonds is 6. The molecule has 0 bridgehead atoms. The minimum atomic E-state index is -0.428. The van der Waals surface area contributed by atoms with E-state index in [1.807, 2.05) is 54.0 Å². The summed E-state index contributed by atoms with van der Waals surface area (Å²) in [6.45, 7) is 2.02. The van der Waals surface area contributed by atoms with Gasteiger partial charge in [-0.05, 0) is 61.0 Å². The molecule has 36 heavy (non-hydrogen) atoms. The van der Waals surface area contributed by atoms with Gasteiger partial charge in [0.05, 0.1) is 28.7 Å². The minimum Gasteiger partial charge on any atom is -0.464 e.